The largest absolute Gasteiger partial charge is 0.494 e. The summed E-state index contributed by atoms with van der Waals surface area (Å²) in [4.78, 5) is 15.2. The molecule has 0 saturated heterocycles. The maximum absolute atomic E-state index is 12.8. The fraction of sp³-hybridized carbons (Fsp3) is 0.0667. The Hall–Kier alpha value is -3.09. The van der Waals surface area contributed by atoms with Crippen molar-refractivity contribution in [2.75, 3.05) is 0 Å². The van der Waals surface area contributed by atoms with Crippen molar-refractivity contribution >= 4 is 11.5 Å². The van der Waals surface area contributed by atoms with E-state index >= 15 is 0 Å². The summed E-state index contributed by atoms with van der Waals surface area (Å²) < 4.78 is 19.6. The zero-order valence-electron chi connectivity index (χ0n) is 11.2. The number of benzene rings is 1. The zero-order valence-corrected chi connectivity index (χ0v) is 11.2. The number of rotatable bonds is 4. The van der Waals surface area contributed by atoms with E-state index in [-0.39, 0.29) is 35.3 Å². The monoisotopic (exact) mass is 302 g/mol. The number of nitrogens with zero attached hydrogens (tertiary/aromatic N) is 2. The smallest absolute Gasteiger partial charge is 0.356 e. The summed E-state index contributed by atoms with van der Waals surface area (Å²) in [6.45, 7) is -0.0718. The summed E-state index contributed by atoms with van der Waals surface area (Å²) in [6, 6.07) is 9.88. The molecule has 6 nitrogen and oxygen atoms in total. The van der Waals surface area contributed by atoms with Gasteiger partial charge in [0.15, 0.2) is 17.4 Å². The van der Waals surface area contributed by atoms with E-state index in [1.165, 1.54) is 46.9 Å². The van der Waals surface area contributed by atoms with Crippen molar-refractivity contribution in [2.24, 2.45) is 0 Å². The first-order valence-corrected chi connectivity index (χ1v) is 6.37. The number of carboxylic acids is 1. The number of hydrogen-bond donors (Lipinski definition) is 2. The number of fused-ring (bicyclic) bond motifs is 1. The van der Waals surface area contributed by atoms with Crippen molar-refractivity contribution in [1.29, 1.82) is 0 Å². The van der Waals surface area contributed by atoms with Crippen LogP contribution in [0.5, 0.6) is 11.6 Å². The standard InChI is InChI=1S/C15H11FN2O4/c16-9-4-6-10(7-5-9)22-8-12-17-14(15(20)21)11-2-1-3-13(19)18(11)12/h1-7,19H,8H2,(H,20,21). The topological polar surface area (TPSA) is 84.1 Å². The molecular weight excluding hydrogens is 291 g/mol. The fourth-order valence-electron chi connectivity index (χ4n) is 2.12. The van der Waals surface area contributed by atoms with Gasteiger partial charge in [0.1, 0.15) is 18.2 Å². The lowest BCUT2D eigenvalue weighted by Gasteiger charge is -2.06. The van der Waals surface area contributed by atoms with Gasteiger partial charge in [0.25, 0.3) is 0 Å². The highest BCUT2D eigenvalue weighted by Crippen LogP contribution is 2.21. The number of carboxylic acid groups (broad SMARTS) is 1. The minimum atomic E-state index is -1.20. The molecule has 2 heterocycles. The molecule has 112 valence electrons. The molecule has 0 aliphatic carbocycles. The summed E-state index contributed by atoms with van der Waals surface area (Å²) >= 11 is 0. The molecular formula is C15H11FN2O4. The third kappa shape index (κ3) is 2.44. The lowest BCUT2D eigenvalue weighted by Crippen LogP contribution is -2.02. The molecule has 0 saturated carbocycles. The SMILES string of the molecule is O=C(O)c1nc(COc2ccc(F)cc2)n2c(O)cccc12. The molecule has 2 aromatic heterocycles. The number of aromatic nitrogens is 2. The lowest BCUT2D eigenvalue weighted by molar-refractivity contribution is 0.0693. The predicted octanol–water partition coefficient (Wildman–Crippen LogP) is 2.46. The molecule has 22 heavy (non-hydrogen) atoms. The first-order chi connectivity index (χ1) is 10.6. The lowest BCUT2D eigenvalue weighted by atomic mass is 10.3. The van der Waals surface area contributed by atoms with Gasteiger partial charge in [0.2, 0.25) is 0 Å². The highest BCUT2D eigenvalue weighted by Gasteiger charge is 2.18. The van der Waals surface area contributed by atoms with E-state index in [0.717, 1.165) is 0 Å². The number of halogens is 1. The van der Waals surface area contributed by atoms with Gasteiger partial charge in [0.05, 0.1) is 5.52 Å². The molecule has 0 aliphatic heterocycles. The molecule has 0 spiro atoms. The van der Waals surface area contributed by atoms with Crippen LogP contribution in [0.2, 0.25) is 0 Å². The molecule has 3 rings (SSSR count). The van der Waals surface area contributed by atoms with Crippen molar-refractivity contribution in [3.05, 3.63) is 59.8 Å². The number of ether oxygens (including phenoxy) is 1. The van der Waals surface area contributed by atoms with Gasteiger partial charge < -0.3 is 14.9 Å². The average molecular weight is 302 g/mol. The molecule has 0 unspecified atom stereocenters. The van der Waals surface area contributed by atoms with E-state index in [2.05, 4.69) is 4.98 Å². The van der Waals surface area contributed by atoms with Gasteiger partial charge in [-0.3, -0.25) is 4.40 Å². The van der Waals surface area contributed by atoms with Gasteiger partial charge in [-0.1, -0.05) is 6.07 Å². The van der Waals surface area contributed by atoms with Crippen molar-refractivity contribution in [1.82, 2.24) is 9.38 Å². The first kappa shape index (κ1) is 13.9. The number of aromatic carboxylic acids is 1. The number of imidazole rings is 1. The maximum atomic E-state index is 12.8. The first-order valence-electron chi connectivity index (χ1n) is 6.37. The Bertz CT molecular complexity index is 843. The summed E-state index contributed by atoms with van der Waals surface area (Å²) in [5.74, 6) is -1.09. The van der Waals surface area contributed by atoms with Crippen LogP contribution in [-0.2, 0) is 6.61 Å². The normalized spacial score (nSPS) is 10.8. The van der Waals surface area contributed by atoms with E-state index < -0.39 is 5.97 Å². The maximum Gasteiger partial charge on any atom is 0.356 e. The third-order valence-electron chi connectivity index (χ3n) is 3.10. The van der Waals surface area contributed by atoms with Crippen LogP contribution in [0.15, 0.2) is 42.5 Å². The van der Waals surface area contributed by atoms with Crippen LogP contribution in [0.25, 0.3) is 5.52 Å². The van der Waals surface area contributed by atoms with Crippen molar-refractivity contribution in [3.63, 3.8) is 0 Å². The minimum absolute atomic E-state index is 0.0718. The Kier molecular flexibility index (Phi) is 3.38. The highest BCUT2D eigenvalue weighted by molar-refractivity contribution is 5.93. The Morgan fingerprint density at radius 1 is 1.23 bits per heavy atom. The van der Waals surface area contributed by atoms with Crippen LogP contribution in [0.3, 0.4) is 0 Å². The van der Waals surface area contributed by atoms with E-state index in [1.807, 2.05) is 0 Å². The summed E-state index contributed by atoms with van der Waals surface area (Å²) in [5, 5.41) is 19.1. The van der Waals surface area contributed by atoms with Crippen LogP contribution in [0.1, 0.15) is 16.3 Å². The van der Waals surface area contributed by atoms with Gasteiger partial charge in [-0.2, -0.15) is 0 Å². The van der Waals surface area contributed by atoms with Gasteiger partial charge in [-0.25, -0.2) is 14.2 Å². The molecule has 2 N–H and O–H groups in total. The summed E-state index contributed by atoms with van der Waals surface area (Å²) in [6.07, 6.45) is 0. The molecule has 0 radical (unpaired) electrons. The van der Waals surface area contributed by atoms with Crippen LogP contribution in [-0.4, -0.2) is 25.6 Å². The Balaban J connectivity index is 1.96. The number of carbonyl (C=O) groups is 1. The number of pyridine rings is 1. The molecule has 0 fully saturated rings. The van der Waals surface area contributed by atoms with Crippen LogP contribution in [0.4, 0.5) is 4.39 Å². The van der Waals surface area contributed by atoms with Crippen LogP contribution < -0.4 is 4.74 Å². The van der Waals surface area contributed by atoms with Gasteiger partial charge >= 0.3 is 5.97 Å². The molecule has 0 bridgehead atoms. The van der Waals surface area contributed by atoms with Crippen molar-refractivity contribution < 1.29 is 24.1 Å². The van der Waals surface area contributed by atoms with E-state index in [0.29, 0.717) is 5.75 Å². The highest BCUT2D eigenvalue weighted by atomic mass is 19.1. The van der Waals surface area contributed by atoms with Crippen LogP contribution in [0, 0.1) is 5.82 Å². The Morgan fingerprint density at radius 3 is 2.64 bits per heavy atom. The molecule has 1 aromatic carbocycles. The Labute approximate surface area is 124 Å². The number of aromatic hydroxyl groups is 1. The van der Waals surface area contributed by atoms with E-state index in [1.54, 1.807) is 0 Å². The fourth-order valence-corrected chi connectivity index (χ4v) is 2.12. The molecule has 0 aliphatic rings. The van der Waals surface area contributed by atoms with Crippen molar-refractivity contribution in [3.8, 4) is 11.6 Å². The van der Waals surface area contributed by atoms with E-state index in [4.69, 9.17) is 9.84 Å². The minimum Gasteiger partial charge on any atom is -0.494 e. The van der Waals surface area contributed by atoms with E-state index in [9.17, 15) is 14.3 Å². The summed E-state index contributed by atoms with van der Waals surface area (Å²) in [5.41, 5.74) is 0.0961. The zero-order chi connectivity index (χ0) is 15.7. The predicted molar refractivity (Wildman–Crippen MR) is 74.5 cm³/mol. The second-order valence-electron chi connectivity index (χ2n) is 4.53. The second-order valence-corrected chi connectivity index (χ2v) is 4.53. The molecule has 0 amide bonds. The quantitative estimate of drug-likeness (QED) is 0.773. The molecule has 7 heteroatoms. The average Bonchev–Trinajstić information content (AvgIpc) is 2.87. The number of hydrogen-bond acceptors (Lipinski definition) is 4. The summed E-state index contributed by atoms with van der Waals surface area (Å²) in [7, 11) is 0. The van der Waals surface area contributed by atoms with Gasteiger partial charge in [-0.15, -0.1) is 0 Å². The van der Waals surface area contributed by atoms with Gasteiger partial charge in [0, 0.05) is 0 Å². The van der Waals surface area contributed by atoms with Crippen molar-refractivity contribution in [2.45, 2.75) is 6.61 Å². The Morgan fingerprint density at radius 2 is 1.95 bits per heavy atom. The third-order valence-corrected chi connectivity index (χ3v) is 3.10. The van der Waals surface area contributed by atoms with Crippen LogP contribution >= 0.6 is 0 Å². The van der Waals surface area contributed by atoms with Gasteiger partial charge in [-0.05, 0) is 36.4 Å². The molecule has 3 aromatic rings. The second kappa shape index (κ2) is 5.36. The molecule has 0 atom stereocenters.